The van der Waals surface area contributed by atoms with Gasteiger partial charge in [0, 0.05) is 6.07 Å². The monoisotopic (exact) mass is 403 g/mol. The van der Waals surface area contributed by atoms with Gasteiger partial charge in [-0.2, -0.15) is 0 Å². The number of hydrogen-bond acceptors (Lipinski definition) is 5. The minimum Gasteiger partial charge on any atom is -0.493 e. The van der Waals surface area contributed by atoms with E-state index in [4.69, 9.17) is 18.9 Å². The summed E-state index contributed by atoms with van der Waals surface area (Å²) in [5.41, 5.74) is 0.930. The maximum Gasteiger partial charge on any atom is 0.344 e. The van der Waals surface area contributed by atoms with E-state index in [1.807, 2.05) is 45.4 Å². The second-order valence-corrected chi connectivity index (χ2v) is 7.49. The van der Waals surface area contributed by atoms with Crippen molar-refractivity contribution in [1.29, 1.82) is 0 Å². The average Bonchev–Trinajstić information content (AvgIpc) is 2.66. The van der Waals surface area contributed by atoms with Gasteiger partial charge in [0.25, 0.3) is 0 Å². The van der Waals surface area contributed by atoms with Gasteiger partial charge in [0.2, 0.25) is 0 Å². The molecule has 5 nitrogen and oxygen atoms in total. The lowest BCUT2D eigenvalue weighted by atomic mass is 10.0. The van der Waals surface area contributed by atoms with Crippen LogP contribution in [0.2, 0.25) is 0 Å². The lowest BCUT2D eigenvalue weighted by Crippen LogP contribution is -2.27. The van der Waals surface area contributed by atoms with Crippen molar-refractivity contribution >= 4 is 5.97 Å². The van der Waals surface area contributed by atoms with Gasteiger partial charge in [-0.1, -0.05) is 12.1 Å². The molecule has 0 saturated carbocycles. The fourth-order valence-electron chi connectivity index (χ4n) is 2.73. The van der Waals surface area contributed by atoms with Crippen LogP contribution in [0.5, 0.6) is 17.2 Å². The summed E-state index contributed by atoms with van der Waals surface area (Å²) in [6, 6.07) is 10.4. The maximum absolute atomic E-state index is 14.2. The lowest BCUT2D eigenvalue weighted by Gasteiger charge is -2.19. The molecule has 0 fully saturated rings. The summed E-state index contributed by atoms with van der Waals surface area (Å²) in [5, 5.41) is 0. The highest BCUT2D eigenvalue weighted by Crippen LogP contribution is 2.30. The smallest absolute Gasteiger partial charge is 0.344 e. The highest BCUT2D eigenvalue weighted by Gasteiger charge is 2.16. The van der Waals surface area contributed by atoms with E-state index in [0.29, 0.717) is 35.7 Å². The number of esters is 1. The minimum absolute atomic E-state index is 0.155. The topological polar surface area (TPSA) is 54.0 Å². The first-order chi connectivity index (χ1) is 13.7. The number of carbonyl (C=O) groups excluding carboxylic acids is 1. The van der Waals surface area contributed by atoms with E-state index in [9.17, 15) is 9.18 Å². The summed E-state index contributed by atoms with van der Waals surface area (Å²) in [6.45, 7) is 5.27. The van der Waals surface area contributed by atoms with Crippen LogP contribution in [0, 0.1) is 12.2 Å². The molecule has 0 saturated heterocycles. The normalized spacial score (nSPS) is 11.1. The first-order valence-electron chi connectivity index (χ1n) is 9.40. The molecule has 0 aliphatic carbocycles. The Hall–Kier alpha value is -2.76. The lowest BCUT2D eigenvalue weighted by molar-refractivity contribution is -0.157. The van der Waals surface area contributed by atoms with E-state index in [-0.39, 0.29) is 12.4 Å². The van der Waals surface area contributed by atoms with Gasteiger partial charge in [-0.25, -0.2) is 9.18 Å². The van der Waals surface area contributed by atoms with Crippen LogP contribution in [0.1, 0.15) is 38.3 Å². The van der Waals surface area contributed by atoms with Crippen LogP contribution >= 0.6 is 0 Å². The van der Waals surface area contributed by atoms with Crippen LogP contribution in [0.15, 0.2) is 36.4 Å². The largest absolute Gasteiger partial charge is 0.493 e. The van der Waals surface area contributed by atoms with E-state index in [2.05, 4.69) is 0 Å². The zero-order valence-corrected chi connectivity index (χ0v) is 17.6. The molecule has 0 aliphatic heterocycles. The SMILES string of the molecule is COc1cc(F)c(CC[CH]c2cccc(OCC(=O)OC(C)(C)C)c2)cc1OC. The average molecular weight is 403 g/mol. The first kappa shape index (κ1) is 22.5. The van der Waals surface area contributed by atoms with Crippen LogP contribution in [-0.2, 0) is 16.0 Å². The van der Waals surface area contributed by atoms with Gasteiger partial charge in [-0.05, 0) is 69.4 Å². The molecule has 1 radical (unpaired) electrons. The van der Waals surface area contributed by atoms with Crippen LogP contribution in [0.3, 0.4) is 0 Å². The Morgan fingerprint density at radius 1 is 1.07 bits per heavy atom. The van der Waals surface area contributed by atoms with E-state index < -0.39 is 11.6 Å². The van der Waals surface area contributed by atoms with Gasteiger partial charge >= 0.3 is 5.97 Å². The van der Waals surface area contributed by atoms with Gasteiger partial charge in [-0.3, -0.25) is 0 Å². The number of ether oxygens (including phenoxy) is 4. The third-order valence-electron chi connectivity index (χ3n) is 3.98. The van der Waals surface area contributed by atoms with E-state index >= 15 is 0 Å². The molecule has 157 valence electrons. The molecule has 0 atom stereocenters. The standard InChI is InChI=1S/C23H28FO5/c1-23(2,3)29-22(25)15-28-18-11-7-9-16(12-18)8-6-10-17-13-20(26-4)21(27-5)14-19(17)24/h7-9,11-14H,6,10,15H2,1-5H3. The molecule has 2 aromatic rings. The minimum atomic E-state index is -0.546. The highest BCUT2D eigenvalue weighted by atomic mass is 19.1. The zero-order chi connectivity index (χ0) is 21.4. The Morgan fingerprint density at radius 3 is 2.41 bits per heavy atom. The molecule has 0 amide bonds. The quantitative estimate of drug-likeness (QED) is 0.566. The van der Waals surface area contributed by atoms with Gasteiger partial charge in [0.1, 0.15) is 17.2 Å². The summed E-state index contributed by atoms with van der Waals surface area (Å²) in [4.78, 5) is 11.8. The van der Waals surface area contributed by atoms with Crippen molar-refractivity contribution in [2.24, 2.45) is 0 Å². The third kappa shape index (κ3) is 7.29. The van der Waals surface area contributed by atoms with Gasteiger partial charge < -0.3 is 18.9 Å². The molecule has 0 unspecified atom stereocenters. The second-order valence-electron chi connectivity index (χ2n) is 7.49. The Kier molecular flexibility index (Phi) is 7.88. The van der Waals surface area contributed by atoms with Crippen LogP contribution in [0.4, 0.5) is 4.39 Å². The summed E-state index contributed by atoms with van der Waals surface area (Å²) < 4.78 is 35.3. The maximum atomic E-state index is 14.2. The fraction of sp³-hybridized carbons (Fsp3) is 0.391. The predicted octanol–water partition coefficient (Wildman–Crippen LogP) is 4.75. The molecule has 0 N–H and O–H groups in total. The molecule has 0 bridgehead atoms. The van der Waals surface area contributed by atoms with Crippen LogP contribution < -0.4 is 14.2 Å². The second kappa shape index (κ2) is 10.1. The van der Waals surface area contributed by atoms with Crippen LogP contribution in [-0.4, -0.2) is 32.4 Å². The number of carbonyl (C=O) groups is 1. The molecule has 0 heterocycles. The number of hydrogen-bond donors (Lipinski definition) is 0. The van der Waals surface area contributed by atoms with Crippen molar-refractivity contribution in [3.8, 4) is 17.2 Å². The molecule has 6 heteroatoms. The zero-order valence-electron chi connectivity index (χ0n) is 17.6. The Bertz CT molecular complexity index is 827. The Labute approximate surface area is 171 Å². The van der Waals surface area contributed by atoms with Crippen molar-refractivity contribution < 1.29 is 28.1 Å². The van der Waals surface area contributed by atoms with Crippen molar-refractivity contribution in [1.82, 2.24) is 0 Å². The number of methoxy groups -OCH3 is 2. The molecule has 2 rings (SSSR count). The summed E-state index contributed by atoms with van der Waals surface area (Å²) in [6.07, 6.45) is 3.12. The van der Waals surface area contributed by atoms with E-state index in [0.717, 1.165) is 5.56 Å². The van der Waals surface area contributed by atoms with Gasteiger partial charge in [-0.15, -0.1) is 0 Å². The molecule has 29 heavy (non-hydrogen) atoms. The number of aryl methyl sites for hydroxylation is 1. The van der Waals surface area contributed by atoms with E-state index in [1.165, 1.54) is 20.3 Å². The Morgan fingerprint density at radius 2 is 1.76 bits per heavy atom. The third-order valence-corrected chi connectivity index (χ3v) is 3.98. The number of rotatable bonds is 9. The van der Waals surface area contributed by atoms with Gasteiger partial charge in [0.05, 0.1) is 14.2 Å². The van der Waals surface area contributed by atoms with Crippen LogP contribution in [0.25, 0.3) is 0 Å². The van der Waals surface area contributed by atoms with Crippen molar-refractivity contribution in [3.05, 3.63) is 59.8 Å². The molecule has 0 spiro atoms. The van der Waals surface area contributed by atoms with E-state index in [1.54, 1.807) is 12.1 Å². The van der Waals surface area contributed by atoms with Crippen molar-refractivity contribution in [3.63, 3.8) is 0 Å². The van der Waals surface area contributed by atoms with Crippen molar-refractivity contribution in [2.75, 3.05) is 20.8 Å². The molecule has 0 aromatic heterocycles. The molecule has 0 aliphatic rings. The predicted molar refractivity (Wildman–Crippen MR) is 109 cm³/mol. The fourth-order valence-corrected chi connectivity index (χ4v) is 2.73. The Balaban J connectivity index is 1.90. The van der Waals surface area contributed by atoms with Gasteiger partial charge in [0.15, 0.2) is 18.1 Å². The molecular weight excluding hydrogens is 375 g/mol. The summed E-state index contributed by atoms with van der Waals surface area (Å²) >= 11 is 0. The summed E-state index contributed by atoms with van der Waals surface area (Å²) in [5.74, 6) is 0.692. The number of halogens is 1. The molecular formula is C23H28FO5. The molecule has 2 aromatic carbocycles. The highest BCUT2D eigenvalue weighted by molar-refractivity contribution is 5.71. The number of benzene rings is 2. The van der Waals surface area contributed by atoms with Crippen molar-refractivity contribution in [2.45, 2.75) is 39.2 Å². The summed E-state index contributed by atoms with van der Waals surface area (Å²) in [7, 11) is 3.00. The first-order valence-corrected chi connectivity index (χ1v) is 9.40.